The van der Waals surface area contributed by atoms with Crippen LogP contribution in [-0.4, -0.2) is 37.6 Å². The van der Waals surface area contributed by atoms with Crippen LogP contribution in [0.15, 0.2) is 41.6 Å². The van der Waals surface area contributed by atoms with Crippen molar-refractivity contribution >= 4 is 17.0 Å². The van der Waals surface area contributed by atoms with Gasteiger partial charge in [0.05, 0.1) is 12.0 Å². The lowest BCUT2D eigenvalue weighted by Gasteiger charge is -2.10. The molecule has 122 valence electrons. The molecule has 0 aliphatic rings. The molecule has 3 aromatic rings. The molecular weight excluding hydrogens is 314 g/mol. The summed E-state index contributed by atoms with van der Waals surface area (Å²) in [6.45, 7) is 1.59. The molecule has 0 radical (unpaired) electrons. The van der Waals surface area contributed by atoms with Crippen LogP contribution in [0.1, 0.15) is 17.3 Å². The minimum atomic E-state index is -1.10. The number of rotatable bonds is 3. The third-order valence-corrected chi connectivity index (χ3v) is 3.44. The number of ether oxygens (including phenoxy) is 1. The summed E-state index contributed by atoms with van der Waals surface area (Å²) in [5.74, 6) is -1.60. The highest BCUT2D eigenvalue weighted by molar-refractivity contribution is 5.99. The van der Waals surface area contributed by atoms with Gasteiger partial charge in [0.2, 0.25) is 0 Å². The van der Waals surface area contributed by atoms with E-state index in [1.807, 2.05) is 0 Å². The molecule has 0 bridgehead atoms. The fourth-order valence-corrected chi connectivity index (χ4v) is 2.32. The number of esters is 1. The Morgan fingerprint density at radius 2 is 2.12 bits per heavy atom. The topological polar surface area (TPSA) is 115 Å². The first-order chi connectivity index (χ1) is 11.5. The standard InChI is InChI=1S/C16H13N3O5/c1-2-24-16(22)12-13(20)11-6-10(9-4-3-5-17-7-9)8-18-14(11)19(23)15(12)21/h3-8,20,23H,2H2,1H3. The van der Waals surface area contributed by atoms with Crippen LogP contribution < -0.4 is 5.56 Å². The van der Waals surface area contributed by atoms with Crippen molar-refractivity contribution in [1.29, 1.82) is 0 Å². The lowest BCUT2D eigenvalue weighted by Crippen LogP contribution is -2.27. The summed E-state index contributed by atoms with van der Waals surface area (Å²) >= 11 is 0. The minimum absolute atomic E-state index is 0.0230. The van der Waals surface area contributed by atoms with Gasteiger partial charge in [0.1, 0.15) is 5.75 Å². The van der Waals surface area contributed by atoms with E-state index < -0.39 is 22.8 Å². The molecule has 0 atom stereocenters. The number of aromatic hydroxyl groups is 1. The molecule has 0 amide bonds. The summed E-state index contributed by atoms with van der Waals surface area (Å²) < 4.78 is 4.97. The van der Waals surface area contributed by atoms with Gasteiger partial charge < -0.3 is 15.1 Å². The second-order valence-electron chi connectivity index (χ2n) is 4.90. The van der Waals surface area contributed by atoms with Crippen molar-refractivity contribution in [3.8, 4) is 16.9 Å². The summed E-state index contributed by atoms with van der Waals surface area (Å²) in [5.41, 5.74) is -0.589. The SMILES string of the molecule is CCOC(=O)c1c(O)c2cc(-c3cccnc3)cnc2n(O)c1=O. The average molecular weight is 327 g/mol. The Balaban J connectivity index is 2.29. The van der Waals surface area contributed by atoms with Gasteiger partial charge in [-0.15, -0.1) is 4.73 Å². The number of carbonyl (C=O) groups is 1. The van der Waals surface area contributed by atoms with Gasteiger partial charge in [-0.1, -0.05) is 6.07 Å². The summed E-state index contributed by atoms with van der Waals surface area (Å²) in [7, 11) is 0. The van der Waals surface area contributed by atoms with Crippen molar-refractivity contribution in [2.24, 2.45) is 0 Å². The second kappa shape index (κ2) is 5.99. The smallest absolute Gasteiger partial charge is 0.347 e. The molecule has 0 fully saturated rings. The van der Waals surface area contributed by atoms with Crippen LogP contribution >= 0.6 is 0 Å². The average Bonchev–Trinajstić information content (AvgIpc) is 2.60. The van der Waals surface area contributed by atoms with Gasteiger partial charge >= 0.3 is 11.5 Å². The van der Waals surface area contributed by atoms with Crippen molar-refractivity contribution < 1.29 is 19.8 Å². The number of pyridine rings is 3. The van der Waals surface area contributed by atoms with Crippen LogP contribution in [0.25, 0.3) is 22.2 Å². The van der Waals surface area contributed by atoms with Gasteiger partial charge in [-0.05, 0) is 19.1 Å². The Labute approximate surface area is 135 Å². The third-order valence-electron chi connectivity index (χ3n) is 3.44. The minimum Gasteiger partial charge on any atom is -0.506 e. The number of carbonyl (C=O) groups excluding carboxylic acids is 1. The van der Waals surface area contributed by atoms with Crippen molar-refractivity contribution in [3.05, 3.63) is 52.7 Å². The highest BCUT2D eigenvalue weighted by Crippen LogP contribution is 2.29. The summed E-state index contributed by atoms with van der Waals surface area (Å²) in [4.78, 5) is 32.0. The van der Waals surface area contributed by atoms with E-state index >= 15 is 0 Å². The summed E-state index contributed by atoms with van der Waals surface area (Å²) in [6.07, 6.45) is 4.63. The Morgan fingerprint density at radius 3 is 2.79 bits per heavy atom. The number of hydrogen-bond acceptors (Lipinski definition) is 7. The van der Waals surface area contributed by atoms with E-state index in [9.17, 15) is 19.9 Å². The number of aromatic nitrogens is 3. The maximum atomic E-state index is 12.1. The molecule has 0 unspecified atom stereocenters. The molecule has 24 heavy (non-hydrogen) atoms. The van der Waals surface area contributed by atoms with Crippen LogP contribution in [0.4, 0.5) is 0 Å². The Hall–Kier alpha value is -3.42. The molecular formula is C16H13N3O5. The molecule has 0 saturated carbocycles. The zero-order valence-corrected chi connectivity index (χ0v) is 12.6. The molecule has 0 spiro atoms. The zero-order valence-electron chi connectivity index (χ0n) is 12.6. The van der Waals surface area contributed by atoms with Crippen LogP contribution in [0.5, 0.6) is 5.75 Å². The number of hydrogen-bond donors (Lipinski definition) is 2. The molecule has 3 heterocycles. The predicted molar refractivity (Wildman–Crippen MR) is 84.0 cm³/mol. The van der Waals surface area contributed by atoms with E-state index in [4.69, 9.17) is 4.74 Å². The molecule has 8 heteroatoms. The molecule has 0 saturated heterocycles. The van der Waals surface area contributed by atoms with Gasteiger partial charge in [0.15, 0.2) is 11.2 Å². The van der Waals surface area contributed by atoms with E-state index in [2.05, 4.69) is 9.97 Å². The maximum Gasteiger partial charge on any atom is 0.347 e. The lowest BCUT2D eigenvalue weighted by atomic mass is 10.1. The molecule has 0 aliphatic carbocycles. The van der Waals surface area contributed by atoms with Gasteiger partial charge in [-0.3, -0.25) is 9.78 Å². The second-order valence-corrected chi connectivity index (χ2v) is 4.90. The Kier molecular flexibility index (Phi) is 3.87. The first kappa shape index (κ1) is 15.5. The Bertz CT molecular complexity index is 982. The number of fused-ring (bicyclic) bond motifs is 1. The first-order valence-electron chi connectivity index (χ1n) is 7.09. The van der Waals surface area contributed by atoms with Crippen molar-refractivity contribution in [3.63, 3.8) is 0 Å². The fraction of sp³-hybridized carbons (Fsp3) is 0.125. The van der Waals surface area contributed by atoms with Gasteiger partial charge in [-0.2, -0.15) is 0 Å². The zero-order chi connectivity index (χ0) is 17.3. The molecule has 2 N–H and O–H groups in total. The van der Waals surface area contributed by atoms with Crippen molar-refractivity contribution in [2.45, 2.75) is 6.92 Å². The first-order valence-corrected chi connectivity index (χ1v) is 7.09. The fourth-order valence-electron chi connectivity index (χ4n) is 2.32. The molecule has 3 rings (SSSR count). The van der Waals surface area contributed by atoms with Crippen LogP contribution in [0.2, 0.25) is 0 Å². The summed E-state index contributed by atoms with van der Waals surface area (Å²) in [5, 5.41) is 20.3. The third kappa shape index (κ3) is 2.43. The largest absolute Gasteiger partial charge is 0.506 e. The quantitative estimate of drug-likeness (QED) is 0.554. The highest BCUT2D eigenvalue weighted by Gasteiger charge is 2.24. The monoisotopic (exact) mass is 327 g/mol. The van der Waals surface area contributed by atoms with Gasteiger partial charge in [0, 0.05) is 29.7 Å². The lowest BCUT2D eigenvalue weighted by molar-refractivity contribution is 0.0515. The Morgan fingerprint density at radius 1 is 1.33 bits per heavy atom. The van der Waals surface area contributed by atoms with Gasteiger partial charge in [0.25, 0.3) is 0 Å². The maximum absolute atomic E-state index is 12.1. The van der Waals surface area contributed by atoms with Crippen molar-refractivity contribution in [2.75, 3.05) is 6.61 Å². The van der Waals surface area contributed by atoms with E-state index in [0.717, 1.165) is 5.56 Å². The van der Waals surface area contributed by atoms with Crippen LogP contribution in [-0.2, 0) is 4.74 Å². The highest BCUT2D eigenvalue weighted by atomic mass is 16.5. The van der Waals surface area contributed by atoms with E-state index in [-0.39, 0.29) is 22.4 Å². The van der Waals surface area contributed by atoms with Crippen LogP contribution in [0.3, 0.4) is 0 Å². The predicted octanol–water partition coefficient (Wildman–Crippen LogP) is 1.58. The molecule has 0 aromatic carbocycles. The molecule has 0 aliphatic heterocycles. The van der Waals surface area contributed by atoms with Crippen LogP contribution in [0, 0.1) is 0 Å². The van der Waals surface area contributed by atoms with Gasteiger partial charge in [-0.25, -0.2) is 9.78 Å². The van der Waals surface area contributed by atoms with E-state index in [1.165, 1.54) is 12.3 Å². The van der Waals surface area contributed by atoms with E-state index in [0.29, 0.717) is 5.56 Å². The summed E-state index contributed by atoms with van der Waals surface area (Å²) in [6, 6.07) is 5.02. The molecule has 8 nitrogen and oxygen atoms in total. The number of nitrogens with zero attached hydrogens (tertiary/aromatic N) is 3. The molecule has 3 aromatic heterocycles. The van der Waals surface area contributed by atoms with Crippen molar-refractivity contribution in [1.82, 2.24) is 14.7 Å². The van der Waals surface area contributed by atoms with E-state index in [1.54, 1.807) is 31.5 Å². The normalized spacial score (nSPS) is 10.7.